The van der Waals surface area contributed by atoms with E-state index in [9.17, 15) is 28.8 Å². The molecule has 5 atom stereocenters. The molecule has 5 fully saturated rings. The van der Waals surface area contributed by atoms with E-state index in [0.29, 0.717) is 108 Å². The lowest BCUT2D eigenvalue weighted by Gasteiger charge is -2.42. The van der Waals surface area contributed by atoms with E-state index in [1.807, 2.05) is 56.7 Å². The summed E-state index contributed by atoms with van der Waals surface area (Å²) in [5, 5.41) is 8.34. The molecular weight excluding hydrogens is 1120 g/mol. The van der Waals surface area contributed by atoms with E-state index in [0.717, 1.165) is 36.8 Å². The van der Waals surface area contributed by atoms with Gasteiger partial charge < -0.3 is 34.1 Å². The zero-order valence-electron chi connectivity index (χ0n) is 50.0. The Morgan fingerprint density at radius 2 is 1.63 bits per heavy atom. The fourth-order valence-electron chi connectivity index (χ4n) is 13.8. The third-order valence-corrected chi connectivity index (χ3v) is 18.0. The number of carbonyl (C=O) groups excluding carboxylic acids is 6. The van der Waals surface area contributed by atoms with Crippen molar-refractivity contribution in [3.8, 4) is 23.0 Å². The summed E-state index contributed by atoms with van der Waals surface area (Å²) < 4.78 is 56.7. The van der Waals surface area contributed by atoms with Crippen LogP contribution in [-0.2, 0) is 41.6 Å². The molecule has 0 aliphatic carbocycles. The van der Waals surface area contributed by atoms with Crippen LogP contribution in [0, 0.1) is 11.6 Å². The Morgan fingerprint density at radius 3 is 2.37 bits per heavy atom. The summed E-state index contributed by atoms with van der Waals surface area (Å²) in [5.41, 5.74) is 1.89. The first-order valence-electron chi connectivity index (χ1n) is 30.2. The normalized spacial score (nSPS) is 21.6. The Hall–Kier alpha value is -8.15. The summed E-state index contributed by atoms with van der Waals surface area (Å²) in [7, 11) is 3.55. The van der Waals surface area contributed by atoms with E-state index in [4.69, 9.17) is 33.9 Å². The van der Waals surface area contributed by atoms with E-state index in [1.165, 1.54) is 18.1 Å². The largest absolute Gasteiger partial charge is 0.468 e. The van der Waals surface area contributed by atoms with Gasteiger partial charge in [0.1, 0.15) is 46.8 Å². The highest BCUT2D eigenvalue weighted by Gasteiger charge is 2.46. The Kier molecular flexibility index (Phi) is 16.5. The third kappa shape index (κ3) is 11.7. The van der Waals surface area contributed by atoms with E-state index in [2.05, 4.69) is 25.3 Å². The number of pyridine rings is 1. The second-order valence-corrected chi connectivity index (χ2v) is 24.6. The van der Waals surface area contributed by atoms with Crippen LogP contribution < -0.4 is 29.9 Å². The highest BCUT2D eigenvalue weighted by atomic mass is 19.1. The Balaban J connectivity index is 0.687. The topological polar surface area (TPSA) is 222 Å². The SMILES string of the molecule is CCc1c(F)ccc2cc(OCOC)cc(-c3ncc4c(N5C[C@H]6CC[C@@H](C5)N6C(=O)OC(C)(C)C)nc(OC[C@@H]5C[C@H](N6CCN(C(=O)CCCC(=O)NCc7ccc8c9c(cccc79)C(=O)N8C7CCC(=O)NC7=O)CC6)CN5C)nc4c3F)c12. The number of piperazine rings is 2. The van der Waals surface area contributed by atoms with Crippen LogP contribution in [0.1, 0.15) is 101 Å². The fourth-order valence-corrected chi connectivity index (χ4v) is 13.8. The number of methoxy groups -OCH3 is 1. The van der Waals surface area contributed by atoms with Crippen LogP contribution in [0.15, 0.2) is 60.8 Å². The molecule has 1 unspecified atom stereocenters. The minimum Gasteiger partial charge on any atom is -0.468 e. The first-order valence-corrected chi connectivity index (χ1v) is 30.2. The van der Waals surface area contributed by atoms with Crippen LogP contribution in [0.5, 0.6) is 11.8 Å². The summed E-state index contributed by atoms with van der Waals surface area (Å²) in [6.07, 6.45) is 4.99. The molecule has 6 aliphatic heterocycles. The van der Waals surface area contributed by atoms with Gasteiger partial charge in [-0.15, -0.1) is 0 Å². The summed E-state index contributed by atoms with van der Waals surface area (Å²) in [5.74, 6) is -1.69. The Bertz CT molecular complexity index is 3730. The second kappa shape index (κ2) is 24.2. The van der Waals surface area contributed by atoms with Crippen molar-refractivity contribution in [1.29, 1.82) is 0 Å². The monoisotopic (exact) mass is 1190 g/mol. The molecule has 2 bridgehead atoms. The number of amides is 6. The summed E-state index contributed by atoms with van der Waals surface area (Å²) in [6.45, 7) is 11.8. The number of nitrogens with one attached hydrogen (secondary N) is 2. The van der Waals surface area contributed by atoms with Crippen molar-refractivity contribution in [1.82, 2.24) is 45.2 Å². The number of likely N-dealkylation sites (N-methyl/N-ethyl adjacent to an activating group) is 1. The van der Waals surface area contributed by atoms with Crippen LogP contribution in [0.3, 0.4) is 0 Å². The summed E-state index contributed by atoms with van der Waals surface area (Å²) >= 11 is 0. The molecule has 6 amide bonds. The van der Waals surface area contributed by atoms with Crippen molar-refractivity contribution in [2.24, 2.45) is 0 Å². The summed E-state index contributed by atoms with van der Waals surface area (Å²) in [6, 6.07) is 14.4. The van der Waals surface area contributed by atoms with E-state index < -0.39 is 29.2 Å². The lowest BCUT2D eigenvalue weighted by molar-refractivity contribution is -0.135. The maximum absolute atomic E-state index is 17.7. The molecule has 458 valence electrons. The molecule has 2 aromatic heterocycles. The number of hydrogen-bond acceptors (Lipinski definition) is 16. The van der Waals surface area contributed by atoms with Gasteiger partial charge in [0.25, 0.3) is 5.91 Å². The Labute approximate surface area is 502 Å². The van der Waals surface area contributed by atoms with Crippen LogP contribution in [0.4, 0.5) is 25.1 Å². The van der Waals surface area contributed by atoms with Gasteiger partial charge in [0.2, 0.25) is 23.6 Å². The number of fused-ring (bicyclic) bond motifs is 4. The first kappa shape index (κ1) is 59.2. The molecule has 5 saturated heterocycles. The quantitative estimate of drug-likeness (QED) is 0.0678. The van der Waals surface area contributed by atoms with Crippen LogP contribution in [0.25, 0.3) is 43.7 Å². The smallest absolute Gasteiger partial charge is 0.410 e. The van der Waals surface area contributed by atoms with Crippen molar-refractivity contribution in [2.75, 3.05) is 83.2 Å². The van der Waals surface area contributed by atoms with Crippen molar-refractivity contribution in [3.05, 3.63) is 89.1 Å². The number of anilines is 2. The average molecular weight is 1190 g/mol. The molecule has 0 radical (unpaired) electrons. The van der Waals surface area contributed by atoms with Gasteiger partial charge >= 0.3 is 12.1 Å². The zero-order chi connectivity index (χ0) is 61.0. The van der Waals surface area contributed by atoms with E-state index >= 15 is 8.78 Å². The van der Waals surface area contributed by atoms with E-state index in [-0.39, 0.29) is 117 Å². The number of rotatable bonds is 17. The number of likely N-dealkylation sites (tertiary alicyclic amines) is 1. The molecular formula is C64H73F2N11O10. The number of piperidine rings is 1. The number of halogens is 2. The highest BCUT2D eigenvalue weighted by Crippen LogP contribution is 2.43. The number of benzene rings is 4. The van der Waals surface area contributed by atoms with Gasteiger partial charge in [-0.3, -0.25) is 53.9 Å². The predicted octanol–water partition coefficient (Wildman–Crippen LogP) is 7.26. The molecule has 2 N–H and O–H groups in total. The zero-order valence-corrected chi connectivity index (χ0v) is 50.0. The van der Waals surface area contributed by atoms with Crippen molar-refractivity contribution in [3.63, 3.8) is 0 Å². The van der Waals surface area contributed by atoms with Gasteiger partial charge in [-0.2, -0.15) is 9.97 Å². The van der Waals surface area contributed by atoms with Crippen LogP contribution in [-0.4, -0.2) is 179 Å². The van der Waals surface area contributed by atoms with E-state index in [1.54, 1.807) is 42.6 Å². The number of nitrogens with zero attached hydrogens (tertiary/aromatic N) is 9. The lowest BCUT2D eigenvalue weighted by atomic mass is 9.94. The molecule has 0 spiro atoms. The maximum Gasteiger partial charge on any atom is 0.410 e. The minimum absolute atomic E-state index is 0.000704. The molecule has 23 heteroatoms. The lowest BCUT2D eigenvalue weighted by Crippen LogP contribution is -2.57. The van der Waals surface area contributed by atoms with Gasteiger partial charge in [-0.1, -0.05) is 31.2 Å². The number of aromatic nitrogens is 3. The molecule has 6 aromatic rings. The van der Waals surface area contributed by atoms with Gasteiger partial charge in [0.05, 0.1) is 23.2 Å². The number of imide groups is 1. The molecule has 8 heterocycles. The summed E-state index contributed by atoms with van der Waals surface area (Å²) in [4.78, 5) is 105. The fraction of sp³-hybridized carbons (Fsp3) is 0.484. The average Bonchev–Trinajstić information content (AvgIpc) is 1.77. The van der Waals surface area contributed by atoms with Crippen molar-refractivity contribution in [2.45, 2.75) is 128 Å². The first-order chi connectivity index (χ1) is 41.9. The molecule has 21 nitrogen and oxygen atoms in total. The van der Waals surface area contributed by atoms with Crippen LogP contribution >= 0.6 is 0 Å². The van der Waals surface area contributed by atoms with Crippen molar-refractivity contribution < 1.29 is 56.5 Å². The molecule has 0 saturated carbocycles. The number of hydrogen-bond donors (Lipinski definition) is 2. The second-order valence-electron chi connectivity index (χ2n) is 24.6. The number of ether oxygens (including phenoxy) is 4. The third-order valence-electron chi connectivity index (χ3n) is 18.0. The number of carbonyl (C=O) groups is 6. The van der Waals surface area contributed by atoms with Crippen molar-refractivity contribution >= 4 is 79.6 Å². The van der Waals surface area contributed by atoms with Gasteiger partial charge in [0.15, 0.2) is 12.6 Å². The predicted molar refractivity (Wildman–Crippen MR) is 320 cm³/mol. The van der Waals surface area contributed by atoms with Gasteiger partial charge in [-0.25, -0.2) is 13.6 Å². The van der Waals surface area contributed by atoms with Gasteiger partial charge in [0, 0.05) is 114 Å². The highest BCUT2D eigenvalue weighted by molar-refractivity contribution is 6.27. The minimum atomic E-state index is -0.795. The van der Waals surface area contributed by atoms with Gasteiger partial charge in [-0.05, 0) is 124 Å². The Morgan fingerprint density at radius 1 is 0.851 bits per heavy atom. The van der Waals surface area contributed by atoms with Crippen LogP contribution in [0.2, 0.25) is 0 Å². The molecule has 87 heavy (non-hydrogen) atoms. The maximum atomic E-state index is 17.7. The number of aryl methyl sites for hydroxylation is 1. The standard InChI is InChI=1S/C64H73F2N11O10/c1-7-43-48(65)18-14-36-26-42(86-35-84-6)28-46(54(36)43)57-56(66)58-47(30-68-57)59(75-32-38-16-17-39(33-75)76(38)63(83)87-64(2,3)4)71-62(70-58)85-34-41-27-40(31-72(41)5)73-22-24-74(25-23-73)53(80)13-9-12-51(78)67-29-37-15-19-49-55-44(37)10-8-11-45(55)61(82)77(49)50-20-21-52(79)69-60(50)81/h8,10-11,14-15,18-19,26,28,30,38-41,50H,7,9,12-13,16-17,20-25,27,29,31-35H2,1-6H3,(H,67,78)(H,69,79,81)/t38-,39+,40-,41-,50?/m0/s1. The molecule has 4 aromatic carbocycles. The molecule has 6 aliphatic rings. The molecule has 12 rings (SSSR count).